The van der Waals surface area contributed by atoms with Crippen molar-refractivity contribution in [3.8, 4) is 0 Å². The van der Waals surface area contributed by atoms with Crippen LogP contribution >= 0.6 is 0 Å². The fraction of sp³-hybridized carbons (Fsp3) is 0.500. The van der Waals surface area contributed by atoms with Crippen molar-refractivity contribution in [2.24, 2.45) is 4.99 Å². The Labute approximate surface area is 75.1 Å². The van der Waals surface area contributed by atoms with Gasteiger partial charge in [0.2, 0.25) is 0 Å². The van der Waals surface area contributed by atoms with Gasteiger partial charge in [-0.3, -0.25) is 4.99 Å². The number of allylic oxidation sites excluding steroid dienone is 3. The first-order valence-corrected chi connectivity index (χ1v) is 4.45. The van der Waals surface area contributed by atoms with Gasteiger partial charge in [-0.2, -0.15) is 0 Å². The summed E-state index contributed by atoms with van der Waals surface area (Å²) in [5, 5.41) is 3.05. The Morgan fingerprint density at radius 2 is 1.92 bits per heavy atom. The van der Waals surface area contributed by atoms with E-state index in [9.17, 15) is 0 Å². The average molecular weight is 166 g/mol. The van der Waals surface area contributed by atoms with E-state index in [1.807, 2.05) is 18.5 Å². The van der Waals surface area contributed by atoms with Crippen LogP contribution in [0.1, 0.15) is 26.7 Å². The molecule has 0 bridgehead atoms. The Balaban J connectivity index is 3.24. The predicted molar refractivity (Wildman–Crippen MR) is 55.4 cm³/mol. The summed E-state index contributed by atoms with van der Waals surface area (Å²) in [6.07, 6.45) is 12.0. The normalized spacial score (nSPS) is 12.2. The molecule has 0 aliphatic carbocycles. The van der Waals surface area contributed by atoms with Gasteiger partial charge in [0.05, 0.1) is 0 Å². The van der Waals surface area contributed by atoms with Gasteiger partial charge < -0.3 is 5.32 Å². The van der Waals surface area contributed by atoms with Crippen molar-refractivity contribution in [2.45, 2.75) is 26.7 Å². The molecule has 0 spiro atoms. The lowest BCUT2D eigenvalue weighted by molar-refractivity contribution is 0.883. The summed E-state index contributed by atoms with van der Waals surface area (Å²) in [7, 11) is 0. The minimum atomic E-state index is 0.657. The molecule has 0 saturated carbocycles. The second kappa shape index (κ2) is 9.95. The topological polar surface area (TPSA) is 24.4 Å². The first-order chi connectivity index (χ1) is 5.91. The van der Waals surface area contributed by atoms with Gasteiger partial charge in [0.15, 0.2) is 0 Å². The van der Waals surface area contributed by atoms with Crippen molar-refractivity contribution in [2.75, 3.05) is 6.67 Å². The molecule has 0 atom stereocenters. The zero-order valence-electron chi connectivity index (χ0n) is 7.96. The minimum Gasteiger partial charge on any atom is -0.373 e. The Morgan fingerprint density at radius 3 is 2.58 bits per heavy atom. The molecule has 0 aromatic carbocycles. The molecule has 0 heterocycles. The quantitative estimate of drug-likeness (QED) is 0.476. The lowest BCUT2D eigenvalue weighted by Crippen LogP contribution is -2.03. The minimum absolute atomic E-state index is 0.657. The van der Waals surface area contributed by atoms with E-state index in [2.05, 4.69) is 36.3 Å². The van der Waals surface area contributed by atoms with Crippen molar-refractivity contribution in [1.29, 1.82) is 0 Å². The van der Waals surface area contributed by atoms with Crippen molar-refractivity contribution in [1.82, 2.24) is 5.32 Å². The summed E-state index contributed by atoms with van der Waals surface area (Å²) < 4.78 is 0. The number of nitrogens with zero attached hydrogens (tertiary/aromatic N) is 1. The lowest BCUT2D eigenvalue weighted by Gasteiger charge is -1.90. The van der Waals surface area contributed by atoms with Gasteiger partial charge in [0.1, 0.15) is 6.67 Å². The molecule has 68 valence electrons. The van der Waals surface area contributed by atoms with Gasteiger partial charge in [-0.15, -0.1) is 0 Å². The highest BCUT2D eigenvalue weighted by molar-refractivity contribution is 5.70. The fourth-order valence-corrected chi connectivity index (χ4v) is 0.617. The first-order valence-electron chi connectivity index (χ1n) is 4.45. The third kappa shape index (κ3) is 8.95. The summed E-state index contributed by atoms with van der Waals surface area (Å²) in [6, 6.07) is 0. The van der Waals surface area contributed by atoms with Crippen molar-refractivity contribution >= 4 is 6.21 Å². The molecule has 0 radical (unpaired) electrons. The van der Waals surface area contributed by atoms with E-state index >= 15 is 0 Å². The molecule has 0 amide bonds. The second-order valence-corrected chi connectivity index (χ2v) is 2.34. The van der Waals surface area contributed by atoms with Gasteiger partial charge in [0, 0.05) is 6.21 Å². The summed E-state index contributed by atoms with van der Waals surface area (Å²) >= 11 is 0. The van der Waals surface area contributed by atoms with Crippen LogP contribution in [0.4, 0.5) is 0 Å². The molecule has 0 rings (SSSR count). The summed E-state index contributed by atoms with van der Waals surface area (Å²) in [4.78, 5) is 4.11. The highest BCUT2D eigenvalue weighted by atomic mass is 15.0. The number of nitrogens with one attached hydrogen (secondary N) is 1. The smallest absolute Gasteiger partial charge is 0.107 e. The van der Waals surface area contributed by atoms with Crippen molar-refractivity contribution < 1.29 is 0 Å². The highest BCUT2D eigenvalue weighted by Crippen LogP contribution is 1.77. The molecule has 2 heteroatoms. The summed E-state index contributed by atoms with van der Waals surface area (Å²) in [5.41, 5.74) is 0. The van der Waals surface area contributed by atoms with E-state index in [1.165, 1.54) is 0 Å². The van der Waals surface area contributed by atoms with Crippen molar-refractivity contribution in [3.63, 3.8) is 0 Å². The molecule has 2 nitrogen and oxygen atoms in total. The van der Waals surface area contributed by atoms with E-state index in [1.54, 1.807) is 0 Å². The molecule has 0 aliphatic heterocycles. The molecular weight excluding hydrogens is 148 g/mol. The van der Waals surface area contributed by atoms with Gasteiger partial charge in [0.25, 0.3) is 0 Å². The average Bonchev–Trinajstić information content (AvgIpc) is 2.10. The molecule has 0 unspecified atom stereocenters. The molecule has 0 fully saturated rings. The molecule has 0 aromatic rings. The van der Waals surface area contributed by atoms with Crippen LogP contribution in [0.5, 0.6) is 0 Å². The number of hydrogen-bond acceptors (Lipinski definition) is 2. The monoisotopic (exact) mass is 166 g/mol. The maximum Gasteiger partial charge on any atom is 0.107 e. The van der Waals surface area contributed by atoms with E-state index in [-0.39, 0.29) is 0 Å². The lowest BCUT2D eigenvalue weighted by atomic mass is 10.4. The van der Waals surface area contributed by atoms with Crippen LogP contribution in [0, 0.1) is 0 Å². The van der Waals surface area contributed by atoms with Crippen LogP contribution in [0.2, 0.25) is 0 Å². The number of hydrogen-bond donors (Lipinski definition) is 1. The number of aliphatic imine (C=N–C) groups is 1. The maximum absolute atomic E-state index is 4.11. The van der Waals surface area contributed by atoms with Crippen LogP contribution < -0.4 is 5.32 Å². The number of rotatable bonds is 6. The SMILES string of the molecule is CC/C=C\C=N/CN/C=C\CC. The van der Waals surface area contributed by atoms with Crippen molar-refractivity contribution in [3.05, 3.63) is 24.4 Å². The van der Waals surface area contributed by atoms with Gasteiger partial charge in [-0.25, -0.2) is 0 Å². The second-order valence-electron chi connectivity index (χ2n) is 2.34. The van der Waals surface area contributed by atoms with E-state index < -0.39 is 0 Å². The summed E-state index contributed by atoms with van der Waals surface area (Å²) in [6.45, 7) is 4.86. The van der Waals surface area contributed by atoms with E-state index in [0.717, 1.165) is 12.8 Å². The van der Waals surface area contributed by atoms with Crippen LogP contribution in [0.15, 0.2) is 29.4 Å². The Kier molecular flexibility index (Phi) is 9.08. The third-order valence-electron chi connectivity index (χ3n) is 1.22. The van der Waals surface area contributed by atoms with Gasteiger partial charge in [-0.1, -0.05) is 26.0 Å². The Morgan fingerprint density at radius 1 is 1.17 bits per heavy atom. The van der Waals surface area contributed by atoms with E-state index in [4.69, 9.17) is 0 Å². The summed E-state index contributed by atoms with van der Waals surface area (Å²) in [5.74, 6) is 0. The Bertz CT molecular complexity index is 157. The molecular formula is C10H18N2. The third-order valence-corrected chi connectivity index (χ3v) is 1.22. The zero-order valence-corrected chi connectivity index (χ0v) is 7.96. The van der Waals surface area contributed by atoms with Crippen LogP contribution in [0.3, 0.4) is 0 Å². The van der Waals surface area contributed by atoms with Crippen LogP contribution in [-0.4, -0.2) is 12.9 Å². The maximum atomic E-state index is 4.11. The van der Waals surface area contributed by atoms with E-state index in [0.29, 0.717) is 6.67 Å². The predicted octanol–water partition coefficient (Wildman–Crippen LogP) is 2.49. The molecule has 12 heavy (non-hydrogen) atoms. The molecule has 0 aliphatic rings. The standard InChI is InChI=1S/C10H18N2/c1-3-5-7-9-12-10-11-8-6-4-2/h5-9,11H,3-4,10H2,1-2H3/b7-5-,8-6-,12-9-. The molecule has 0 aromatic heterocycles. The fourth-order valence-electron chi connectivity index (χ4n) is 0.617. The zero-order chi connectivity index (χ0) is 9.07. The van der Waals surface area contributed by atoms with Gasteiger partial charge >= 0.3 is 0 Å². The highest BCUT2D eigenvalue weighted by Gasteiger charge is 1.70. The van der Waals surface area contributed by atoms with Crippen LogP contribution in [0.25, 0.3) is 0 Å². The van der Waals surface area contributed by atoms with Gasteiger partial charge in [-0.05, 0) is 25.1 Å². The largest absolute Gasteiger partial charge is 0.373 e. The molecule has 1 N–H and O–H groups in total. The Hall–Kier alpha value is -1.05. The first kappa shape index (κ1) is 11.0. The molecule has 0 saturated heterocycles. The van der Waals surface area contributed by atoms with Crippen LogP contribution in [-0.2, 0) is 0 Å².